The molecule has 0 fully saturated rings. The van der Waals surface area contributed by atoms with Crippen LogP contribution >= 0.6 is 0 Å². The largest absolute Gasteiger partial charge is 0.497 e. The second kappa shape index (κ2) is 8.71. The van der Waals surface area contributed by atoms with E-state index in [1.807, 2.05) is 37.3 Å². The summed E-state index contributed by atoms with van der Waals surface area (Å²) >= 11 is 0. The van der Waals surface area contributed by atoms with E-state index in [9.17, 15) is 4.79 Å². The van der Waals surface area contributed by atoms with E-state index < -0.39 is 5.60 Å². The zero-order chi connectivity index (χ0) is 29.7. The van der Waals surface area contributed by atoms with Gasteiger partial charge >= 0.3 is 5.97 Å². The van der Waals surface area contributed by atoms with Crippen LogP contribution in [0.25, 0.3) is 33.7 Å². The Morgan fingerprint density at radius 2 is 1.47 bits per heavy atom. The minimum Gasteiger partial charge on any atom is -0.497 e. The van der Waals surface area contributed by atoms with Gasteiger partial charge in [0.15, 0.2) is 5.60 Å². The number of fused-ring (bicyclic) bond motifs is 10. The molecule has 0 aromatic heterocycles. The van der Waals surface area contributed by atoms with Gasteiger partial charge in [0.05, 0.1) is 12.7 Å². The monoisotopic (exact) mass is 562 g/mol. The molecule has 4 nitrogen and oxygen atoms in total. The predicted octanol–water partition coefficient (Wildman–Crippen LogP) is 8.95. The van der Waals surface area contributed by atoms with Crippen molar-refractivity contribution in [3.8, 4) is 22.6 Å². The summed E-state index contributed by atoms with van der Waals surface area (Å²) < 4.78 is 18.4. The smallest absolute Gasteiger partial charge is 0.344 e. The third kappa shape index (κ3) is 3.29. The molecule has 3 aliphatic rings. The second-order valence-electron chi connectivity index (χ2n) is 12.1. The Kier molecular flexibility index (Phi) is 5.19. The van der Waals surface area contributed by atoms with Gasteiger partial charge in [-0.05, 0) is 58.3 Å². The number of carbonyl (C=O) groups excluding carboxylic acids is 1. The van der Waals surface area contributed by atoms with E-state index in [2.05, 4.69) is 87.2 Å². The highest BCUT2D eigenvalue weighted by molar-refractivity contribution is 6.14. The van der Waals surface area contributed by atoms with Gasteiger partial charge in [-0.25, -0.2) is 4.79 Å². The molecule has 5 aromatic carbocycles. The standard InChI is InChI=1S/C39H30O4/c1-22-21-30-34(32-23(2)42-37(40)31(22)32)33-27-13-9-10-14-28(27)36-29(35(33)38(30,3)4)19-20-39(43-36,24-11-7-6-8-12-24)25-15-17-26(41-5)18-16-25/h6-21H,2H2,1,3-5H3. The van der Waals surface area contributed by atoms with E-state index >= 15 is 0 Å². The van der Waals surface area contributed by atoms with Crippen molar-refractivity contribution in [1.82, 2.24) is 0 Å². The fourth-order valence-electron chi connectivity index (χ4n) is 7.46. The average molecular weight is 563 g/mol. The van der Waals surface area contributed by atoms with E-state index in [1.165, 1.54) is 11.1 Å². The Balaban J connectivity index is 1.46. The molecule has 2 heterocycles. The first-order valence-electron chi connectivity index (χ1n) is 14.5. The highest BCUT2D eigenvalue weighted by Crippen LogP contribution is 2.60. The number of rotatable bonds is 3. The molecule has 2 aliphatic heterocycles. The second-order valence-corrected chi connectivity index (χ2v) is 12.1. The zero-order valence-electron chi connectivity index (χ0n) is 24.6. The maximum Gasteiger partial charge on any atom is 0.344 e. The molecular formula is C39H30O4. The van der Waals surface area contributed by atoms with Crippen LogP contribution in [0.3, 0.4) is 0 Å². The molecule has 0 spiro atoms. The Labute approximate surface area is 250 Å². The van der Waals surface area contributed by atoms with E-state index in [0.717, 1.165) is 61.2 Å². The van der Waals surface area contributed by atoms with E-state index in [4.69, 9.17) is 14.2 Å². The summed E-state index contributed by atoms with van der Waals surface area (Å²) in [6.07, 6.45) is 4.42. The van der Waals surface area contributed by atoms with Crippen LogP contribution in [0.1, 0.15) is 63.1 Å². The average Bonchev–Trinajstić information content (AvgIpc) is 3.46. The topological polar surface area (TPSA) is 44.8 Å². The van der Waals surface area contributed by atoms with Crippen molar-refractivity contribution < 1.29 is 19.0 Å². The molecule has 1 atom stereocenters. The molecule has 0 N–H and O–H groups in total. The number of aryl methyl sites for hydroxylation is 1. The number of cyclic esters (lactones) is 1. The van der Waals surface area contributed by atoms with Gasteiger partial charge in [0.1, 0.15) is 17.3 Å². The Bertz CT molecular complexity index is 2070. The third-order valence-corrected chi connectivity index (χ3v) is 9.45. The van der Waals surface area contributed by atoms with Crippen LogP contribution in [0.2, 0.25) is 0 Å². The first-order chi connectivity index (χ1) is 20.8. The van der Waals surface area contributed by atoms with Crippen molar-refractivity contribution in [3.63, 3.8) is 0 Å². The van der Waals surface area contributed by atoms with Crippen LogP contribution < -0.4 is 9.47 Å². The van der Waals surface area contributed by atoms with E-state index in [0.29, 0.717) is 11.3 Å². The summed E-state index contributed by atoms with van der Waals surface area (Å²) in [4.78, 5) is 12.9. The van der Waals surface area contributed by atoms with Crippen molar-refractivity contribution in [3.05, 3.63) is 142 Å². The summed E-state index contributed by atoms with van der Waals surface area (Å²) in [6.45, 7) is 10.7. The molecule has 0 saturated heterocycles. The van der Waals surface area contributed by atoms with Gasteiger partial charge in [-0.2, -0.15) is 0 Å². The molecule has 8 rings (SSSR count). The van der Waals surface area contributed by atoms with Crippen molar-refractivity contribution in [1.29, 1.82) is 0 Å². The Morgan fingerprint density at radius 1 is 0.791 bits per heavy atom. The van der Waals surface area contributed by atoms with Gasteiger partial charge < -0.3 is 14.2 Å². The van der Waals surface area contributed by atoms with Crippen LogP contribution in [0.5, 0.6) is 11.5 Å². The Morgan fingerprint density at radius 3 is 2.19 bits per heavy atom. The normalized spacial score (nSPS) is 18.9. The summed E-state index contributed by atoms with van der Waals surface area (Å²) in [5.74, 6) is 1.72. The minimum absolute atomic E-state index is 0.329. The summed E-state index contributed by atoms with van der Waals surface area (Å²) in [5.41, 5.74) is 8.73. The van der Waals surface area contributed by atoms with Crippen LogP contribution in [0.4, 0.5) is 0 Å². The predicted molar refractivity (Wildman–Crippen MR) is 171 cm³/mol. The molecular weight excluding hydrogens is 532 g/mol. The highest BCUT2D eigenvalue weighted by Gasteiger charge is 2.47. The lowest BCUT2D eigenvalue weighted by atomic mass is 9.76. The Hall–Kier alpha value is -5.09. The molecule has 1 unspecified atom stereocenters. The van der Waals surface area contributed by atoms with Crippen molar-refractivity contribution >= 4 is 28.6 Å². The molecule has 0 amide bonds. The fraction of sp³-hybridized carbons (Fsp3) is 0.154. The van der Waals surface area contributed by atoms with Gasteiger partial charge in [0, 0.05) is 33.1 Å². The number of hydrogen-bond donors (Lipinski definition) is 0. The zero-order valence-corrected chi connectivity index (χ0v) is 24.6. The number of carbonyl (C=O) groups is 1. The lowest BCUT2D eigenvalue weighted by molar-refractivity contribution is 0.0716. The van der Waals surface area contributed by atoms with Gasteiger partial charge in [-0.15, -0.1) is 0 Å². The molecule has 1 aliphatic carbocycles. The van der Waals surface area contributed by atoms with Gasteiger partial charge in [0.25, 0.3) is 0 Å². The number of methoxy groups -OCH3 is 1. The maximum atomic E-state index is 12.9. The lowest BCUT2D eigenvalue weighted by Crippen LogP contribution is -2.35. The number of ether oxygens (including phenoxy) is 3. The van der Waals surface area contributed by atoms with Crippen molar-refractivity contribution in [2.24, 2.45) is 0 Å². The number of hydrogen-bond acceptors (Lipinski definition) is 4. The van der Waals surface area contributed by atoms with Crippen molar-refractivity contribution in [2.45, 2.75) is 31.8 Å². The SMILES string of the molecule is C=C1OC(=O)c2c(C)cc3c(c21)-c1c(c2c(c4ccccc14)OC(c1ccccc1)(c1ccc(OC)cc1)C=C2)C3(C)C. The molecule has 5 aromatic rings. The summed E-state index contributed by atoms with van der Waals surface area (Å²) in [6, 6.07) is 29.0. The molecule has 4 heteroatoms. The third-order valence-electron chi connectivity index (χ3n) is 9.45. The lowest BCUT2D eigenvalue weighted by Gasteiger charge is -2.38. The molecule has 0 radical (unpaired) electrons. The summed E-state index contributed by atoms with van der Waals surface area (Å²) in [7, 11) is 1.68. The van der Waals surface area contributed by atoms with Crippen LogP contribution in [0, 0.1) is 6.92 Å². The number of esters is 1. The first kappa shape index (κ1) is 25.6. The molecule has 210 valence electrons. The van der Waals surface area contributed by atoms with Crippen molar-refractivity contribution in [2.75, 3.05) is 7.11 Å². The number of benzene rings is 5. The van der Waals surface area contributed by atoms with Gasteiger partial charge in [-0.3, -0.25) is 0 Å². The van der Waals surface area contributed by atoms with E-state index in [1.54, 1.807) is 7.11 Å². The van der Waals surface area contributed by atoms with Gasteiger partial charge in [-0.1, -0.05) is 99.3 Å². The van der Waals surface area contributed by atoms with Crippen LogP contribution in [0.15, 0.2) is 97.6 Å². The maximum absolute atomic E-state index is 12.9. The molecule has 43 heavy (non-hydrogen) atoms. The summed E-state index contributed by atoms with van der Waals surface area (Å²) in [5, 5.41) is 2.09. The minimum atomic E-state index is -0.848. The quantitative estimate of drug-likeness (QED) is 0.206. The molecule has 0 saturated carbocycles. The van der Waals surface area contributed by atoms with Gasteiger partial charge in [0.2, 0.25) is 0 Å². The van der Waals surface area contributed by atoms with Crippen LogP contribution in [-0.2, 0) is 15.8 Å². The van der Waals surface area contributed by atoms with E-state index in [-0.39, 0.29) is 11.4 Å². The molecule has 0 bridgehead atoms. The highest BCUT2D eigenvalue weighted by atomic mass is 16.5. The fourth-order valence-corrected chi connectivity index (χ4v) is 7.46. The first-order valence-corrected chi connectivity index (χ1v) is 14.5. The van der Waals surface area contributed by atoms with Crippen LogP contribution in [-0.4, -0.2) is 13.1 Å².